The number of likely N-dealkylation sites (N-methyl/N-ethyl adjacent to an activating group) is 1. The molecule has 0 aliphatic heterocycles. The highest BCUT2D eigenvalue weighted by molar-refractivity contribution is 5.76. The Morgan fingerprint density at radius 2 is 2.13 bits per heavy atom. The Kier molecular flexibility index (Phi) is 6.23. The fourth-order valence-electron chi connectivity index (χ4n) is 2.28. The van der Waals surface area contributed by atoms with Gasteiger partial charge in [0.05, 0.1) is 25.3 Å². The number of hydrogen-bond donors (Lipinski definition) is 1. The number of hydrogen-bond acceptors (Lipinski definition) is 4. The van der Waals surface area contributed by atoms with Crippen LogP contribution in [0.1, 0.15) is 23.8 Å². The molecule has 0 unspecified atom stereocenters. The molecular formula is C18H24N2O3. The minimum absolute atomic E-state index is 0.0200. The number of benzene rings is 1. The molecule has 0 spiro atoms. The summed E-state index contributed by atoms with van der Waals surface area (Å²) in [5, 5.41) is 2.93. The number of carbonyl (C=O) groups is 1. The Bertz CT molecular complexity index is 608. The number of nitrogens with one attached hydrogen (secondary N) is 1. The summed E-state index contributed by atoms with van der Waals surface area (Å²) in [6, 6.07) is 11.6. The van der Waals surface area contributed by atoms with Crippen LogP contribution in [0.2, 0.25) is 0 Å². The van der Waals surface area contributed by atoms with E-state index in [2.05, 4.69) is 5.32 Å². The van der Waals surface area contributed by atoms with Crippen molar-refractivity contribution in [3.8, 4) is 5.75 Å². The summed E-state index contributed by atoms with van der Waals surface area (Å²) >= 11 is 0. The molecule has 1 heterocycles. The lowest BCUT2D eigenvalue weighted by Gasteiger charge is -2.22. The van der Waals surface area contributed by atoms with Crippen molar-refractivity contribution >= 4 is 5.91 Å². The maximum Gasteiger partial charge on any atom is 0.223 e. The van der Waals surface area contributed by atoms with Crippen LogP contribution in [0.4, 0.5) is 0 Å². The molecule has 0 aliphatic carbocycles. The first-order valence-electron chi connectivity index (χ1n) is 7.72. The largest absolute Gasteiger partial charge is 0.493 e. The number of nitrogens with zero attached hydrogens (tertiary/aromatic N) is 1. The second-order valence-electron chi connectivity index (χ2n) is 5.71. The van der Waals surface area contributed by atoms with E-state index in [1.807, 2.05) is 62.3 Å². The average Bonchev–Trinajstić information content (AvgIpc) is 3.01. The van der Waals surface area contributed by atoms with Crippen LogP contribution in [0.3, 0.4) is 0 Å². The van der Waals surface area contributed by atoms with Crippen molar-refractivity contribution in [3.63, 3.8) is 0 Å². The molecule has 1 aromatic carbocycles. The van der Waals surface area contributed by atoms with Gasteiger partial charge in [-0.15, -0.1) is 0 Å². The van der Waals surface area contributed by atoms with Crippen molar-refractivity contribution in [3.05, 3.63) is 54.0 Å². The van der Waals surface area contributed by atoms with Gasteiger partial charge in [0, 0.05) is 6.54 Å². The topological polar surface area (TPSA) is 54.7 Å². The van der Waals surface area contributed by atoms with E-state index >= 15 is 0 Å². The summed E-state index contributed by atoms with van der Waals surface area (Å²) in [7, 11) is 3.92. The maximum absolute atomic E-state index is 12.0. The van der Waals surface area contributed by atoms with Crippen molar-refractivity contribution < 1.29 is 13.9 Å². The Labute approximate surface area is 137 Å². The first-order chi connectivity index (χ1) is 11.1. The Hall–Kier alpha value is -2.27. The third-order valence-electron chi connectivity index (χ3n) is 3.57. The summed E-state index contributed by atoms with van der Waals surface area (Å²) in [4.78, 5) is 14.0. The fraction of sp³-hybridized carbons (Fsp3) is 0.389. The lowest BCUT2D eigenvalue weighted by atomic mass is 10.2. The van der Waals surface area contributed by atoms with Crippen LogP contribution >= 0.6 is 0 Å². The minimum Gasteiger partial charge on any atom is -0.493 e. The van der Waals surface area contributed by atoms with Crippen LogP contribution in [0.15, 0.2) is 47.1 Å². The fourth-order valence-corrected chi connectivity index (χ4v) is 2.28. The Morgan fingerprint density at radius 1 is 1.30 bits per heavy atom. The molecule has 1 amide bonds. The highest BCUT2D eigenvalue weighted by Gasteiger charge is 2.17. The van der Waals surface area contributed by atoms with Gasteiger partial charge in [0.25, 0.3) is 0 Å². The molecule has 0 saturated heterocycles. The van der Waals surface area contributed by atoms with Gasteiger partial charge in [-0.2, -0.15) is 0 Å². The minimum atomic E-state index is -0.0314. The summed E-state index contributed by atoms with van der Waals surface area (Å²) in [6.45, 7) is 2.88. The Balaban J connectivity index is 1.74. The van der Waals surface area contributed by atoms with Crippen LogP contribution < -0.4 is 10.1 Å². The molecule has 124 valence electrons. The normalized spacial score (nSPS) is 12.2. The molecule has 1 atom stereocenters. The monoisotopic (exact) mass is 316 g/mol. The SMILES string of the molecule is Cc1cccc(OCCC(=O)NC[C@H](c2ccco2)N(C)C)c1. The highest BCUT2D eigenvalue weighted by Crippen LogP contribution is 2.17. The number of furan rings is 1. The van der Waals surface area contributed by atoms with Crippen molar-refractivity contribution in [1.29, 1.82) is 0 Å². The second-order valence-corrected chi connectivity index (χ2v) is 5.71. The molecule has 0 bridgehead atoms. The van der Waals surface area contributed by atoms with Crippen molar-refractivity contribution in [1.82, 2.24) is 10.2 Å². The van der Waals surface area contributed by atoms with Crippen LogP contribution in [-0.2, 0) is 4.79 Å². The van der Waals surface area contributed by atoms with Crippen molar-refractivity contribution in [2.75, 3.05) is 27.2 Å². The zero-order valence-electron chi connectivity index (χ0n) is 13.9. The smallest absolute Gasteiger partial charge is 0.223 e. The molecular weight excluding hydrogens is 292 g/mol. The van der Waals surface area contributed by atoms with E-state index in [-0.39, 0.29) is 11.9 Å². The second kappa shape index (κ2) is 8.39. The van der Waals surface area contributed by atoms with Crippen molar-refractivity contribution in [2.24, 2.45) is 0 Å². The van der Waals surface area contributed by atoms with Gasteiger partial charge >= 0.3 is 0 Å². The number of rotatable bonds is 8. The standard InChI is InChI=1S/C18H24N2O3/c1-14-6-4-7-15(12-14)22-11-9-18(21)19-13-16(20(2)3)17-8-5-10-23-17/h4-8,10,12,16H,9,11,13H2,1-3H3,(H,19,21)/t16-/m1/s1. The number of ether oxygens (including phenoxy) is 1. The first kappa shape index (κ1) is 17.1. The molecule has 0 saturated carbocycles. The van der Waals surface area contributed by atoms with Gasteiger partial charge in [-0.25, -0.2) is 0 Å². The number of carbonyl (C=O) groups excluding carboxylic acids is 1. The van der Waals surface area contributed by atoms with Crippen LogP contribution in [0.25, 0.3) is 0 Å². The first-order valence-corrected chi connectivity index (χ1v) is 7.72. The Morgan fingerprint density at radius 3 is 2.78 bits per heavy atom. The van der Waals surface area contributed by atoms with Crippen LogP contribution in [0.5, 0.6) is 5.75 Å². The zero-order valence-corrected chi connectivity index (χ0v) is 13.9. The third-order valence-corrected chi connectivity index (χ3v) is 3.57. The van der Waals surface area contributed by atoms with Crippen LogP contribution in [0, 0.1) is 6.92 Å². The van der Waals surface area contributed by atoms with E-state index in [1.165, 1.54) is 0 Å². The van der Waals surface area contributed by atoms with E-state index in [4.69, 9.17) is 9.15 Å². The van der Waals surface area contributed by atoms with Gasteiger partial charge in [0.15, 0.2) is 0 Å². The van der Waals surface area contributed by atoms with Gasteiger partial charge in [0.2, 0.25) is 5.91 Å². The molecule has 2 rings (SSSR count). The van der Waals surface area contributed by atoms with E-state index < -0.39 is 0 Å². The van der Waals surface area contributed by atoms with Gasteiger partial charge in [0.1, 0.15) is 11.5 Å². The van der Waals surface area contributed by atoms with E-state index in [0.717, 1.165) is 17.1 Å². The summed E-state index contributed by atoms with van der Waals surface area (Å²) in [5.74, 6) is 1.60. The molecule has 0 fully saturated rings. The molecule has 2 aromatic rings. The van der Waals surface area contributed by atoms with Gasteiger partial charge < -0.3 is 14.5 Å². The predicted molar refractivity (Wildman–Crippen MR) is 89.4 cm³/mol. The lowest BCUT2D eigenvalue weighted by Crippen LogP contribution is -2.34. The molecule has 0 aliphatic rings. The zero-order chi connectivity index (χ0) is 16.7. The molecule has 0 radical (unpaired) electrons. The molecule has 23 heavy (non-hydrogen) atoms. The van der Waals surface area contributed by atoms with Crippen LogP contribution in [-0.4, -0.2) is 38.1 Å². The number of amides is 1. The maximum atomic E-state index is 12.0. The van der Waals surface area contributed by atoms with Crippen molar-refractivity contribution in [2.45, 2.75) is 19.4 Å². The molecule has 1 N–H and O–H groups in total. The summed E-state index contributed by atoms with van der Waals surface area (Å²) in [6.07, 6.45) is 1.97. The summed E-state index contributed by atoms with van der Waals surface area (Å²) in [5.41, 5.74) is 1.14. The third kappa shape index (κ3) is 5.45. The predicted octanol–water partition coefficient (Wildman–Crippen LogP) is 2.78. The van der Waals surface area contributed by atoms with E-state index in [0.29, 0.717) is 19.6 Å². The van der Waals surface area contributed by atoms with Gasteiger partial charge in [-0.05, 0) is 50.8 Å². The molecule has 1 aromatic heterocycles. The molecule has 5 heteroatoms. The molecule has 5 nitrogen and oxygen atoms in total. The highest BCUT2D eigenvalue weighted by atomic mass is 16.5. The van der Waals surface area contributed by atoms with Gasteiger partial charge in [-0.1, -0.05) is 12.1 Å². The van der Waals surface area contributed by atoms with Gasteiger partial charge in [-0.3, -0.25) is 9.69 Å². The number of aryl methyl sites for hydroxylation is 1. The van der Waals surface area contributed by atoms with E-state index in [9.17, 15) is 4.79 Å². The van der Waals surface area contributed by atoms with E-state index in [1.54, 1.807) is 6.26 Å². The lowest BCUT2D eigenvalue weighted by molar-refractivity contribution is -0.121. The quantitative estimate of drug-likeness (QED) is 0.813. The average molecular weight is 316 g/mol. The summed E-state index contributed by atoms with van der Waals surface area (Å²) < 4.78 is 11.0.